The predicted octanol–water partition coefficient (Wildman–Crippen LogP) is 4.63. The van der Waals surface area contributed by atoms with E-state index in [1.54, 1.807) is 6.07 Å². The quantitative estimate of drug-likeness (QED) is 0.502. The molecule has 1 aromatic carbocycles. The van der Waals surface area contributed by atoms with Crippen LogP contribution in [0.5, 0.6) is 5.75 Å². The summed E-state index contributed by atoms with van der Waals surface area (Å²) in [4.78, 5) is 0. The number of ether oxygens (including phenoxy) is 1. The Labute approximate surface area is 116 Å². The molecule has 96 valence electrons. The summed E-state index contributed by atoms with van der Waals surface area (Å²) in [5.41, 5.74) is 0. The molecule has 8 heteroatoms. The molecule has 0 spiro atoms. The second-order valence-corrected chi connectivity index (χ2v) is 5.26. The Morgan fingerprint density at radius 3 is 2.18 bits per heavy atom. The second-order valence-electron chi connectivity index (χ2n) is 3.10. The summed E-state index contributed by atoms with van der Waals surface area (Å²) in [6, 6.07) is 4.34. The van der Waals surface area contributed by atoms with Gasteiger partial charge in [0.05, 0.1) is 0 Å². The van der Waals surface area contributed by atoms with Crippen molar-refractivity contribution in [1.82, 2.24) is 0 Å². The van der Waals surface area contributed by atoms with E-state index in [4.69, 9.17) is 0 Å². The Bertz CT molecular complexity index is 387. The Morgan fingerprint density at radius 2 is 1.71 bits per heavy atom. The van der Waals surface area contributed by atoms with E-state index < -0.39 is 18.7 Å². The summed E-state index contributed by atoms with van der Waals surface area (Å²) >= 11 is 4.97. The molecule has 0 fully saturated rings. The van der Waals surface area contributed by atoms with Gasteiger partial charge in [-0.15, -0.1) is 0 Å². The smallest absolute Gasteiger partial charge is 0.456 e. The first-order valence-electron chi connectivity index (χ1n) is 4.15. The van der Waals surface area contributed by atoms with Crippen molar-refractivity contribution in [2.24, 2.45) is 0 Å². The molecule has 0 aromatic heterocycles. The zero-order chi connectivity index (χ0) is 13.3. The van der Waals surface area contributed by atoms with E-state index in [0.29, 0.717) is 8.04 Å². The molecule has 0 unspecified atom stereocenters. The van der Waals surface area contributed by atoms with Gasteiger partial charge in [0.1, 0.15) is 5.75 Å². The van der Waals surface area contributed by atoms with E-state index in [9.17, 15) is 22.0 Å². The standard InChI is InChI=1S/C9H5BrF5IO/c10-5-1-6(16)3-7(2-5)17-4-8(11,12)9(13,14)15/h1-3H,4H2. The number of benzene rings is 1. The lowest BCUT2D eigenvalue weighted by molar-refractivity contribution is -0.290. The van der Waals surface area contributed by atoms with Crippen LogP contribution in [0.4, 0.5) is 22.0 Å². The zero-order valence-electron chi connectivity index (χ0n) is 7.99. The maximum Gasteiger partial charge on any atom is 0.456 e. The van der Waals surface area contributed by atoms with Crippen molar-refractivity contribution >= 4 is 38.5 Å². The van der Waals surface area contributed by atoms with Crippen LogP contribution in [0, 0.1) is 3.57 Å². The molecular weight excluding hydrogens is 426 g/mol. The van der Waals surface area contributed by atoms with Gasteiger partial charge < -0.3 is 4.74 Å². The van der Waals surface area contributed by atoms with Crippen molar-refractivity contribution in [2.45, 2.75) is 12.1 Å². The van der Waals surface area contributed by atoms with Crippen LogP contribution >= 0.6 is 38.5 Å². The molecule has 0 bridgehead atoms. The average Bonchev–Trinajstić information content (AvgIpc) is 2.11. The van der Waals surface area contributed by atoms with Gasteiger partial charge in [0, 0.05) is 8.04 Å². The maximum absolute atomic E-state index is 12.6. The monoisotopic (exact) mass is 430 g/mol. The Hall–Kier alpha value is -0.120. The highest BCUT2D eigenvalue weighted by Crippen LogP contribution is 2.36. The predicted molar refractivity (Wildman–Crippen MR) is 63.4 cm³/mol. The molecule has 17 heavy (non-hydrogen) atoms. The SMILES string of the molecule is FC(F)(F)C(F)(F)COc1cc(Br)cc(I)c1. The van der Waals surface area contributed by atoms with E-state index in [0.717, 1.165) is 0 Å². The molecular formula is C9H5BrF5IO. The summed E-state index contributed by atoms with van der Waals surface area (Å²) in [6.45, 7) is -1.73. The Balaban J connectivity index is 2.74. The van der Waals surface area contributed by atoms with Crippen LogP contribution in [0.15, 0.2) is 22.7 Å². The van der Waals surface area contributed by atoms with Gasteiger partial charge in [-0.2, -0.15) is 22.0 Å². The normalized spacial score (nSPS) is 12.6. The van der Waals surface area contributed by atoms with Crippen LogP contribution < -0.4 is 4.74 Å². The largest absolute Gasteiger partial charge is 0.487 e. The van der Waals surface area contributed by atoms with Gasteiger partial charge in [0.25, 0.3) is 0 Å². The summed E-state index contributed by atoms with van der Waals surface area (Å²) in [6.07, 6.45) is -5.60. The van der Waals surface area contributed by atoms with Crippen molar-refractivity contribution in [3.8, 4) is 5.75 Å². The molecule has 0 radical (unpaired) electrons. The van der Waals surface area contributed by atoms with Crippen molar-refractivity contribution in [2.75, 3.05) is 6.61 Å². The van der Waals surface area contributed by atoms with Gasteiger partial charge in [0.15, 0.2) is 6.61 Å². The molecule has 0 amide bonds. The molecule has 0 aliphatic carbocycles. The zero-order valence-corrected chi connectivity index (χ0v) is 11.7. The molecule has 1 aromatic rings. The van der Waals surface area contributed by atoms with Gasteiger partial charge in [-0.25, -0.2) is 0 Å². The molecule has 0 saturated carbocycles. The number of hydrogen-bond acceptors (Lipinski definition) is 1. The molecule has 1 rings (SSSR count). The highest BCUT2D eigenvalue weighted by molar-refractivity contribution is 14.1. The minimum absolute atomic E-state index is 0.0484. The highest BCUT2D eigenvalue weighted by atomic mass is 127. The minimum atomic E-state index is -5.60. The van der Waals surface area contributed by atoms with E-state index >= 15 is 0 Å². The van der Waals surface area contributed by atoms with Crippen LogP contribution in [-0.2, 0) is 0 Å². The van der Waals surface area contributed by atoms with Gasteiger partial charge in [-0.3, -0.25) is 0 Å². The minimum Gasteiger partial charge on any atom is -0.487 e. The highest BCUT2D eigenvalue weighted by Gasteiger charge is 2.58. The van der Waals surface area contributed by atoms with Gasteiger partial charge in [-0.05, 0) is 40.8 Å². The molecule has 0 atom stereocenters. The molecule has 0 aliphatic heterocycles. The molecule has 0 saturated heterocycles. The first-order valence-corrected chi connectivity index (χ1v) is 6.02. The van der Waals surface area contributed by atoms with Gasteiger partial charge in [-0.1, -0.05) is 15.9 Å². The van der Waals surface area contributed by atoms with Gasteiger partial charge in [0.2, 0.25) is 0 Å². The summed E-state index contributed by atoms with van der Waals surface area (Å²) in [5, 5.41) is 0. The van der Waals surface area contributed by atoms with Crippen molar-refractivity contribution < 1.29 is 26.7 Å². The summed E-state index contributed by atoms with van der Waals surface area (Å²) < 4.78 is 66.3. The third kappa shape index (κ3) is 4.23. The number of hydrogen-bond donors (Lipinski definition) is 0. The van der Waals surface area contributed by atoms with Gasteiger partial charge >= 0.3 is 12.1 Å². The maximum atomic E-state index is 12.6. The van der Waals surface area contributed by atoms with Crippen LogP contribution in [-0.4, -0.2) is 18.7 Å². The molecule has 0 N–H and O–H groups in total. The third-order valence-electron chi connectivity index (χ3n) is 1.67. The first-order chi connectivity index (χ1) is 7.62. The van der Waals surface area contributed by atoms with Crippen molar-refractivity contribution in [3.05, 3.63) is 26.2 Å². The molecule has 0 aliphatic rings. The third-order valence-corrected chi connectivity index (χ3v) is 2.75. The van der Waals surface area contributed by atoms with E-state index in [2.05, 4.69) is 20.7 Å². The van der Waals surface area contributed by atoms with Crippen LogP contribution in [0.1, 0.15) is 0 Å². The molecule has 1 nitrogen and oxygen atoms in total. The van der Waals surface area contributed by atoms with Crippen LogP contribution in [0.2, 0.25) is 0 Å². The average molecular weight is 431 g/mol. The number of halogens is 7. The van der Waals surface area contributed by atoms with E-state index in [1.165, 1.54) is 12.1 Å². The van der Waals surface area contributed by atoms with Crippen LogP contribution in [0.25, 0.3) is 0 Å². The first kappa shape index (κ1) is 14.9. The topological polar surface area (TPSA) is 9.23 Å². The van der Waals surface area contributed by atoms with E-state index in [1.807, 2.05) is 22.6 Å². The fourth-order valence-corrected chi connectivity index (χ4v) is 2.41. The van der Waals surface area contributed by atoms with Crippen molar-refractivity contribution in [1.29, 1.82) is 0 Å². The number of rotatable bonds is 3. The lowest BCUT2D eigenvalue weighted by Crippen LogP contribution is -2.41. The summed E-state index contributed by atoms with van der Waals surface area (Å²) in [7, 11) is 0. The fourth-order valence-electron chi connectivity index (χ4n) is 0.868. The van der Waals surface area contributed by atoms with E-state index in [-0.39, 0.29) is 5.75 Å². The van der Waals surface area contributed by atoms with Crippen molar-refractivity contribution in [3.63, 3.8) is 0 Å². The lowest BCUT2D eigenvalue weighted by atomic mass is 10.3. The molecule has 0 heterocycles. The second kappa shape index (κ2) is 5.25. The Kier molecular flexibility index (Phi) is 4.61. The number of alkyl halides is 5. The van der Waals surface area contributed by atoms with Crippen LogP contribution in [0.3, 0.4) is 0 Å². The summed E-state index contributed by atoms with van der Waals surface area (Å²) in [5.74, 6) is -4.91. The lowest BCUT2D eigenvalue weighted by Gasteiger charge is -2.19. The fraction of sp³-hybridized carbons (Fsp3) is 0.333. The Morgan fingerprint density at radius 1 is 1.12 bits per heavy atom.